The fourth-order valence-electron chi connectivity index (χ4n) is 3.81. The smallest absolute Gasteiger partial charge is 0.323 e. The summed E-state index contributed by atoms with van der Waals surface area (Å²) in [5, 5.41) is 13.7. The van der Waals surface area contributed by atoms with Gasteiger partial charge < -0.3 is 26.0 Å². The maximum absolute atomic E-state index is 12.3. The van der Waals surface area contributed by atoms with E-state index in [1.165, 1.54) is 0 Å². The summed E-state index contributed by atoms with van der Waals surface area (Å²) < 4.78 is 5.99. The van der Waals surface area contributed by atoms with E-state index >= 15 is 0 Å². The molecule has 0 atom stereocenters. The molecule has 1 aromatic heterocycles. The molecule has 4 rings (SSSR count). The minimum Gasteiger partial charge on any atom is -0.491 e. The van der Waals surface area contributed by atoms with Crippen molar-refractivity contribution in [3.8, 4) is 16.9 Å². The average molecular weight is 459 g/mol. The highest BCUT2D eigenvalue weighted by molar-refractivity contribution is 6.04. The number of benzene rings is 3. The number of aryl methyl sites for hydroxylation is 1. The Kier molecular flexibility index (Phi) is 6.98. The van der Waals surface area contributed by atoms with Crippen LogP contribution in [0.1, 0.15) is 12.0 Å². The van der Waals surface area contributed by atoms with E-state index in [9.17, 15) is 4.79 Å². The summed E-state index contributed by atoms with van der Waals surface area (Å²) in [7, 11) is 4.08. The van der Waals surface area contributed by atoms with Gasteiger partial charge in [0.2, 0.25) is 0 Å². The van der Waals surface area contributed by atoms with Crippen LogP contribution in [-0.4, -0.2) is 48.4 Å². The number of rotatable bonds is 8. The lowest BCUT2D eigenvalue weighted by Gasteiger charge is -2.13. The number of amides is 2. The van der Waals surface area contributed by atoms with E-state index in [0.29, 0.717) is 18.1 Å². The lowest BCUT2D eigenvalue weighted by Crippen LogP contribution is -2.19. The highest BCUT2D eigenvalue weighted by atomic mass is 16.5. The number of anilines is 3. The summed E-state index contributed by atoms with van der Waals surface area (Å²) in [4.78, 5) is 14.5. The Morgan fingerprint density at radius 1 is 1.06 bits per heavy atom. The molecular formula is C26H30N6O2. The third-order valence-electron chi connectivity index (χ3n) is 5.45. The second-order valence-corrected chi connectivity index (χ2v) is 8.50. The molecule has 5 N–H and O–H groups in total. The number of fused-ring (bicyclic) bond motifs is 1. The molecule has 0 saturated heterocycles. The van der Waals surface area contributed by atoms with Gasteiger partial charge in [-0.25, -0.2) is 4.79 Å². The van der Waals surface area contributed by atoms with E-state index in [0.717, 1.165) is 52.0 Å². The van der Waals surface area contributed by atoms with Crippen LogP contribution in [0.4, 0.5) is 22.0 Å². The number of nitrogens with two attached hydrogens (primary N) is 1. The maximum Gasteiger partial charge on any atom is 0.323 e. The van der Waals surface area contributed by atoms with Gasteiger partial charge in [-0.2, -0.15) is 5.10 Å². The standard InChI is InChI=1S/C26H30N6O2/c1-17-6-4-7-20(16-17)29-26(33)28-19-10-8-18(9-11-19)21-12-13-22(34-15-5-14-32(2)3)24-23(21)25(27)31-30-24/h4,6-13,16H,5,14-15H2,1-3H3,(H3,27,30,31)(H2,28,29,33). The number of hydrogen-bond acceptors (Lipinski definition) is 5. The second kappa shape index (κ2) is 10.3. The molecule has 0 spiro atoms. The van der Waals surface area contributed by atoms with Gasteiger partial charge in [-0.1, -0.05) is 24.3 Å². The van der Waals surface area contributed by atoms with Crippen molar-refractivity contribution < 1.29 is 9.53 Å². The van der Waals surface area contributed by atoms with Crippen molar-refractivity contribution in [2.45, 2.75) is 13.3 Å². The van der Waals surface area contributed by atoms with Gasteiger partial charge in [0.05, 0.1) is 12.0 Å². The van der Waals surface area contributed by atoms with Gasteiger partial charge in [0.25, 0.3) is 0 Å². The fraction of sp³-hybridized carbons (Fsp3) is 0.231. The first-order chi connectivity index (χ1) is 16.4. The van der Waals surface area contributed by atoms with Crippen LogP contribution in [0.15, 0.2) is 60.7 Å². The van der Waals surface area contributed by atoms with E-state index in [4.69, 9.17) is 10.5 Å². The first kappa shape index (κ1) is 23.1. The van der Waals surface area contributed by atoms with Gasteiger partial charge in [0, 0.05) is 17.9 Å². The van der Waals surface area contributed by atoms with Crippen LogP contribution in [0.2, 0.25) is 0 Å². The van der Waals surface area contributed by atoms with Gasteiger partial charge >= 0.3 is 6.03 Å². The first-order valence-corrected chi connectivity index (χ1v) is 11.2. The molecule has 8 nitrogen and oxygen atoms in total. The van der Waals surface area contributed by atoms with Gasteiger partial charge in [0.15, 0.2) is 5.82 Å². The van der Waals surface area contributed by atoms with Gasteiger partial charge in [-0.3, -0.25) is 5.10 Å². The van der Waals surface area contributed by atoms with Crippen molar-refractivity contribution in [1.29, 1.82) is 0 Å². The topological polar surface area (TPSA) is 108 Å². The zero-order valence-corrected chi connectivity index (χ0v) is 19.7. The lowest BCUT2D eigenvalue weighted by atomic mass is 10.0. The highest BCUT2D eigenvalue weighted by Gasteiger charge is 2.15. The predicted molar refractivity (Wildman–Crippen MR) is 138 cm³/mol. The normalized spacial score (nSPS) is 11.1. The molecule has 4 aromatic rings. The van der Waals surface area contributed by atoms with Crippen molar-refractivity contribution in [1.82, 2.24) is 15.1 Å². The molecule has 0 aliphatic carbocycles. The minimum absolute atomic E-state index is 0.296. The number of hydrogen-bond donors (Lipinski definition) is 4. The number of nitrogens with one attached hydrogen (secondary N) is 3. The Balaban J connectivity index is 1.48. The Morgan fingerprint density at radius 3 is 2.56 bits per heavy atom. The Morgan fingerprint density at radius 2 is 1.82 bits per heavy atom. The molecule has 0 aliphatic rings. The number of H-pyrrole nitrogens is 1. The first-order valence-electron chi connectivity index (χ1n) is 11.2. The highest BCUT2D eigenvalue weighted by Crippen LogP contribution is 2.36. The van der Waals surface area contributed by atoms with Crippen molar-refractivity contribution in [2.24, 2.45) is 0 Å². The number of aromatic nitrogens is 2. The van der Waals surface area contributed by atoms with Crippen molar-refractivity contribution in [3.05, 3.63) is 66.2 Å². The van der Waals surface area contributed by atoms with Crippen LogP contribution in [0.5, 0.6) is 5.75 Å². The molecule has 0 radical (unpaired) electrons. The average Bonchev–Trinajstić information content (AvgIpc) is 3.19. The lowest BCUT2D eigenvalue weighted by molar-refractivity contribution is 0.262. The van der Waals surface area contributed by atoms with Crippen LogP contribution < -0.4 is 21.1 Å². The second-order valence-electron chi connectivity index (χ2n) is 8.50. The Labute approximate surface area is 199 Å². The number of aromatic amines is 1. The molecule has 34 heavy (non-hydrogen) atoms. The SMILES string of the molecule is Cc1cccc(NC(=O)Nc2ccc(-c3ccc(OCCCN(C)C)c4[nH]nc(N)c34)cc2)c1. The van der Waals surface area contributed by atoms with Crippen LogP contribution in [0.25, 0.3) is 22.0 Å². The van der Waals surface area contributed by atoms with Crippen molar-refractivity contribution in [2.75, 3.05) is 43.6 Å². The zero-order valence-electron chi connectivity index (χ0n) is 19.7. The summed E-state index contributed by atoms with van der Waals surface area (Å²) >= 11 is 0. The minimum atomic E-state index is -0.296. The largest absolute Gasteiger partial charge is 0.491 e. The molecule has 0 unspecified atom stereocenters. The van der Waals surface area contributed by atoms with Crippen LogP contribution in [0, 0.1) is 6.92 Å². The molecule has 8 heteroatoms. The number of ether oxygens (including phenoxy) is 1. The summed E-state index contributed by atoms with van der Waals surface area (Å²) in [6.45, 7) is 3.54. The van der Waals surface area contributed by atoms with Gasteiger partial charge in [-0.15, -0.1) is 0 Å². The molecule has 0 bridgehead atoms. The van der Waals surface area contributed by atoms with Crippen LogP contribution in [0.3, 0.4) is 0 Å². The number of carbonyl (C=O) groups excluding carboxylic acids is 1. The molecule has 2 amide bonds. The van der Waals surface area contributed by atoms with E-state index in [2.05, 4.69) is 25.7 Å². The number of nitrogen functional groups attached to an aromatic ring is 1. The van der Waals surface area contributed by atoms with E-state index in [1.54, 1.807) is 0 Å². The van der Waals surface area contributed by atoms with E-state index < -0.39 is 0 Å². The molecule has 1 heterocycles. The summed E-state index contributed by atoms with van der Waals surface area (Å²) in [6.07, 6.45) is 0.922. The quantitative estimate of drug-likeness (QED) is 0.275. The molecule has 0 fully saturated rings. The van der Waals surface area contributed by atoms with Crippen LogP contribution >= 0.6 is 0 Å². The summed E-state index contributed by atoms with van der Waals surface area (Å²) in [5.41, 5.74) is 11.4. The molecule has 0 aliphatic heterocycles. The van der Waals surface area contributed by atoms with Crippen molar-refractivity contribution in [3.63, 3.8) is 0 Å². The molecule has 0 saturated carbocycles. The van der Waals surface area contributed by atoms with E-state index in [1.807, 2.05) is 81.7 Å². The monoisotopic (exact) mass is 458 g/mol. The van der Waals surface area contributed by atoms with Gasteiger partial charge in [0.1, 0.15) is 11.3 Å². The molecular weight excluding hydrogens is 428 g/mol. The predicted octanol–water partition coefficient (Wildman–Crippen LogP) is 5.10. The fourth-order valence-corrected chi connectivity index (χ4v) is 3.81. The summed E-state index contributed by atoms with van der Waals surface area (Å²) in [5.74, 6) is 1.15. The summed E-state index contributed by atoms with van der Waals surface area (Å²) in [6, 6.07) is 18.9. The maximum atomic E-state index is 12.3. The van der Waals surface area contributed by atoms with E-state index in [-0.39, 0.29) is 6.03 Å². The van der Waals surface area contributed by atoms with Crippen LogP contribution in [-0.2, 0) is 0 Å². The van der Waals surface area contributed by atoms with Crippen molar-refractivity contribution >= 4 is 34.1 Å². The number of nitrogens with zero attached hydrogens (tertiary/aromatic N) is 2. The Hall–Kier alpha value is -4.04. The Bertz CT molecular complexity index is 1280. The zero-order chi connectivity index (χ0) is 24.1. The van der Waals surface area contributed by atoms with Gasteiger partial charge in [-0.05, 0) is 80.5 Å². The number of urea groups is 1. The molecule has 176 valence electrons. The third kappa shape index (κ3) is 5.47. The third-order valence-corrected chi connectivity index (χ3v) is 5.45. The molecule has 3 aromatic carbocycles. The number of carbonyl (C=O) groups is 1.